The number of carboxylic acids is 1. The summed E-state index contributed by atoms with van der Waals surface area (Å²) in [7, 11) is -2.28. The minimum Gasteiger partial charge on any atom is -0.478 e. The van der Waals surface area contributed by atoms with Gasteiger partial charge in [0.2, 0.25) is 0 Å². The molecule has 1 unspecified atom stereocenters. The lowest BCUT2D eigenvalue weighted by Gasteiger charge is -2.13. The van der Waals surface area contributed by atoms with Gasteiger partial charge in [0, 0.05) is 7.11 Å². The molecule has 0 bridgehead atoms. The molecule has 0 saturated heterocycles. The van der Waals surface area contributed by atoms with E-state index in [4.69, 9.17) is 9.84 Å². The molecule has 0 saturated carbocycles. The van der Waals surface area contributed by atoms with Crippen LogP contribution in [0.5, 0.6) is 0 Å². The van der Waals surface area contributed by atoms with Crippen LogP contribution in [0.15, 0.2) is 29.2 Å². The van der Waals surface area contributed by atoms with E-state index < -0.39 is 21.1 Å². The van der Waals surface area contributed by atoms with E-state index in [1.165, 1.54) is 38.3 Å². The molecule has 1 N–H and O–H groups in total. The fourth-order valence-electron chi connectivity index (χ4n) is 1.43. The molecular weight excluding hydrogens is 244 g/mol. The van der Waals surface area contributed by atoms with Crippen LogP contribution in [0.2, 0.25) is 0 Å². The Morgan fingerprint density at radius 1 is 1.41 bits per heavy atom. The monoisotopic (exact) mass is 258 g/mol. The predicted molar refractivity (Wildman–Crippen MR) is 61.9 cm³/mol. The second-order valence-corrected chi connectivity index (χ2v) is 5.95. The Balaban J connectivity index is 3.29. The van der Waals surface area contributed by atoms with Crippen LogP contribution in [0, 0.1) is 0 Å². The van der Waals surface area contributed by atoms with Gasteiger partial charge in [-0.15, -0.1) is 0 Å². The average molecular weight is 258 g/mol. The van der Waals surface area contributed by atoms with Gasteiger partial charge in [0.15, 0.2) is 9.84 Å². The topological polar surface area (TPSA) is 80.7 Å². The van der Waals surface area contributed by atoms with Crippen LogP contribution in [-0.4, -0.2) is 38.5 Å². The van der Waals surface area contributed by atoms with Gasteiger partial charge in [-0.3, -0.25) is 0 Å². The van der Waals surface area contributed by atoms with Crippen LogP contribution in [-0.2, 0) is 14.6 Å². The van der Waals surface area contributed by atoms with E-state index in [1.807, 2.05) is 0 Å². The number of rotatable bonds is 5. The first-order valence-corrected chi connectivity index (χ1v) is 6.51. The van der Waals surface area contributed by atoms with E-state index in [9.17, 15) is 13.2 Å². The number of ether oxygens (including phenoxy) is 1. The summed E-state index contributed by atoms with van der Waals surface area (Å²) in [6.07, 6.45) is 0. The van der Waals surface area contributed by atoms with Gasteiger partial charge in [0.25, 0.3) is 0 Å². The highest BCUT2D eigenvalue weighted by atomic mass is 32.2. The molecule has 6 heteroatoms. The lowest BCUT2D eigenvalue weighted by Crippen LogP contribution is -2.24. The molecule has 94 valence electrons. The number of carbonyl (C=O) groups is 1. The van der Waals surface area contributed by atoms with Gasteiger partial charge in [-0.1, -0.05) is 12.1 Å². The van der Waals surface area contributed by atoms with Crippen molar-refractivity contribution in [2.24, 2.45) is 0 Å². The van der Waals surface area contributed by atoms with Gasteiger partial charge in [-0.25, -0.2) is 13.2 Å². The molecule has 1 atom stereocenters. The van der Waals surface area contributed by atoms with Crippen molar-refractivity contribution in [2.75, 3.05) is 13.7 Å². The largest absolute Gasteiger partial charge is 0.478 e. The standard InChI is InChI=1S/C11H14O5S/c1-8(7-16-2)17(14,15)10-6-4-3-5-9(10)11(12)13/h3-6,8H,7H2,1-2H3,(H,12,13). The van der Waals surface area contributed by atoms with Crippen molar-refractivity contribution < 1.29 is 23.1 Å². The molecule has 17 heavy (non-hydrogen) atoms. The second kappa shape index (κ2) is 5.29. The van der Waals surface area contributed by atoms with E-state index in [2.05, 4.69) is 0 Å². The minimum absolute atomic E-state index is 0.0241. The van der Waals surface area contributed by atoms with Crippen LogP contribution in [0.4, 0.5) is 0 Å². The number of hydrogen-bond donors (Lipinski definition) is 1. The highest BCUT2D eigenvalue weighted by Crippen LogP contribution is 2.20. The van der Waals surface area contributed by atoms with Crippen LogP contribution in [0.1, 0.15) is 17.3 Å². The predicted octanol–water partition coefficient (Wildman–Crippen LogP) is 1.19. The number of aromatic carboxylic acids is 1. The van der Waals surface area contributed by atoms with Crippen molar-refractivity contribution in [2.45, 2.75) is 17.1 Å². The summed E-state index contributed by atoms with van der Waals surface area (Å²) in [6, 6.07) is 5.56. The number of sulfone groups is 1. The van der Waals surface area contributed by atoms with Crippen LogP contribution < -0.4 is 0 Å². The third-order valence-electron chi connectivity index (χ3n) is 2.36. The Morgan fingerprint density at radius 3 is 2.53 bits per heavy atom. The second-order valence-electron chi connectivity index (χ2n) is 3.61. The molecule has 1 rings (SSSR count). The van der Waals surface area contributed by atoms with Crippen LogP contribution in [0.25, 0.3) is 0 Å². The van der Waals surface area contributed by atoms with Gasteiger partial charge in [-0.05, 0) is 19.1 Å². The molecule has 0 radical (unpaired) electrons. The first kappa shape index (κ1) is 13.7. The van der Waals surface area contributed by atoms with Crippen molar-refractivity contribution >= 4 is 15.8 Å². The zero-order chi connectivity index (χ0) is 13.1. The summed E-state index contributed by atoms with van der Waals surface area (Å²) in [5.41, 5.74) is -0.213. The van der Waals surface area contributed by atoms with Gasteiger partial charge in [0.1, 0.15) is 0 Å². The summed E-state index contributed by atoms with van der Waals surface area (Å²) in [5.74, 6) is -1.26. The van der Waals surface area contributed by atoms with Gasteiger partial charge < -0.3 is 9.84 Å². The molecule has 0 aliphatic carbocycles. The summed E-state index contributed by atoms with van der Waals surface area (Å²) < 4.78 is 29.0. The van der Waals surface area contributed by atoms with Gasteiger partial charge in [-0.2, -0.15) is 0 Å². The summed E-state index contributed by atoms with van der Waals surface area (Å²) in [5, 5.41) is 8.16. The minimum atomic E-state index is -3.68. The van der Waals surface area contributed by atoms with E-state index in [0.29, 0.717) is 0 Å². The average Bonchev–Trinajstić information content (AvgIpc) is 2.29. The molecular formula is C11H14O5S. The molecule has 0 heterocycles. The van der Waals surface area contributed by atoms with Gasteiger partial charge in [0.05, 0.1) is 22.3 Å². The molecule has 0 spiro atoms. The van der Waals surface area contributed by atoms with E-state index in [1.54, 1.807) is 0 Å². The van der Waals surface area contributed by atoms with Crippen molar-refractivity contribution in [1.82, 2.24) is 0 Å². The highest BCUT2D eigenvalue weighted by Gasteiger charge is 2.27. The van der Waals surface area contributed by atoms with Crippen LogP contribution >= 0.6 is 0 Å². The summed E-state index contributed by atoms with van der Waals surface area (Å²) >= 11 is 0. The highest BCUT2D eigenvalue weighted by molar-refractivity contribution is 7.92. The SMILES string of the molecule is COCC(C)S(=O)(=O)c1ccccc1C(=O)O. The maximum Gasteiger partial charge on any atom is 0.337 e. The molecule has 0 aliphatic rings. The molecule has 1 aromatic rings. The lowest BCUT2D eigenvalue weighted by molar-refractivity contribution is 0.0692. The van der Waals surface area contributed by atoms with Crippen molar-refractivity contribution in [3.63, 3.8) is 0 Å². The van der Waals surface area contributed by atoms with E-state index in [0.717, 1.165) is 0 Å². The third-order valence-corrected chi connectivity index (χ3v) is 4.52. The molecule has 5 nitrogen and oxygen atoms in total. The fraction of sp³-hybridized carbons (Fsp3) is 0.364. The quantitative estimate of drug-likeness (QED) is 0.858. The van der Waals surface area contributed by atoms with Crippen LogP contribution in [0.3, 0.4) is 0 Å². The van der Waals surface area contributed by atoms with Crippen molar-refractivity contribution in [1.29, 1.82) is 0 Å². The number of benzene rings is 1. The summed E-state index contributed by atoms with van der Waals surface area (Å²) in [4.78, 5) is 10.8. The molecule has 1 aromatic carbocycles. The Morgan fingerprint density at radius 2 is 2.00 bits per heavy atom. The van der Waals surface area contributed by atoms with Crippen molar-refractivity contribution in [3.8, 4) is 0 Å². The molecule has 0 fully saturated rings. The number of carboxylic acid groups (broad SMARTS) is 1. The lowest BCUT2D eigenvalue weighted by atomic mass is 10.2. The van der Waals surface area contributed by atoms with Crippen molar-refractivity contribution in [3.05, 3.63) is 29.8 Å². The molecule has 0 aromatic heterocycles. The first-order valence-electron chi connectivity index (χ1n) is 4.96. The maximum absolute atomic E-state index is 12.1. The Bertz CT molecular complexity index is 506. The fourth-order valence-corrected chi connectivity index (χ4v) is 2.91. The number of hydrogen-bond acceptors (Lipinski definition) is 4. The maximum atomic E-state index is 12.1. The summed E-state index contributed by atoms with van der Waals surface area (Å²) in [6.45, 7) is 1.51. The first-order chi connectivity index (χ1) is 7.91. The zero-order valence-corrected chi connectivity index (χ0v) is 10.4. The number of methoxy groups -OCH3 is 1. The Hall–Kier alpha value is -1.40. The third kappa shape index (κ3) is 2.83. The Labute approximate surface area is 100.0 Å². The molecule has 0 aliphatic heterocycles. The van der Waals surface area contributed by atoms with Gasteiger partial charge >= 0.3 is 5.97 Å². The zero-order valence-electron chi connectivity index (χ0n) is 9.58. The van der Waals surface area contributed by atoms with E-state index >= 15 is 0 Å². The van der Waals surface area contributed by atoms with E-state index in [-0.39, 0.29) is 17.1 Å². The Kier molecular flexibility index (Phi) is 4.25. The normalized spacial score (nSPS) is 13.3. The molecule has 0 amide bonds. The smallest absolute Gasteiger partial charge is 0.337 e.